The number of halogens is 1. The molecule has 3 aromatic rings. The van der Waals surface area contributed by atoms with Gasteiger partial charge in [0.15, 0.2) is 5.65 Å². The van der Waals surface area contributed by atoms with Crippen molar-refractivity contribution < 1.29 is 9.13 Å². The Balaban J connectivity index is 2.01. The first-order valence-corrected chi connectivity index (χ1v) is 6.35. The summed E-state index contributed by atoms with van der Waals surface area (Å²) in [6.07, 6.45) is 4.11. The van der Waals surface area contributed by atoms with Crippen molar-refractivity contribution in [2.75, 3.05) is 0 Å². The molecule has 2 heterocycles. The van der Waals surface area contributed by atoms with Gasteiger partial charge in [-0.1, -0.05) is 0 Å². The second kappa shape index (κ2) is 4.92. The predicted octanol–water partition coefficient (Wildman–Crippen LogP) is 3.40. The fourth-order valence-corrected chi connectivity index (χ4v) is 2.15. The lowest BCUT2D eigenvalue weighted by Crippen LogP contribution is -2.03. The molecule has 4 nitrogen and oxygen atoms in total. The number of aromatic nitrogens is 3. The van der Waals surface area contributed by atoms with E-state index in [1.807, 2.05) is 29.7 Å². The Kier molecular flexibility index (Phi) is 3.10. The summed E-state index contributed by atoms with van der Waals surface area (Å²) in [7, 11) is 0. The van der Waals surface area contributed by atoms with Gasteiger partial charge in [-0.05, 0) is 31.2 Å². The first-order chi connectivity index (χ1) is 9.65. The second-order valence-electron chi connectivity index (χ2n) is 4.53. The molecule has 0 aliphatic carbocycles. The molecule has 0 saturated heterocycles. The minimum atomic E-state index is -1.31. The van der Waals surface area contributed by atoms with Gasteiger partial charge in [-0.25, -0.2) is 9.37 Å². The molecule has 0 spiro atoms. The lowest BCUT2D eigenvalue weighted by atomic mass is 10.1. The normalized spacial score (nSPS) is 12.6. The highest BCUT2D eigenvalue weighted by Gasteiger charge is 2.08. The van der Waals surface area contributed by atoms with Gasteiger partial charge in [0.2, 0.25) is 6.36 Å². The molecule has 0 aliphatic rings. The van der Waals surface area contributed by atoms with Crippen LogP contribution in [0.4, 0.5) is 4.39 Å². The van der Waals surface area contributed by atoms with Crippen LogP contribution in [0.5, 0.6) is 5.75 Å². The van der Waals surface area contributed by atoms with Crippen LogP contribution in [-0.4, -0.2) is 20.7 Å². The van der Waals surface area contributed by atoms with Crippen molar-refractivity contribution in [1.82, 2.24) is 14.4 Å². The average molecular weight is 271 g/mol. The van der Waals surface area contributed by atoms with E-state index in [-0.39, 0.29) is 0 Å². The fourth-order valence-electron chi connectivity index (χ4n) is 2.15. The molecule has 5 heteroatoms. The third-order valence-corrected chi connectivity index (χ3v) is 3.05. The van der Waals surface area contributed by atoms with Crippen LogP contribution in [0.15, 0.2) is 42.9 Å². The highest BCUT2D eigenvalue weighted by Crippen LogP contribution is 2.24. The van der Waals surface area contributed by atoms with E-state index in [0.29, 0.717) is 5.75 Å². The van der Waals surface area contributed by atoms with E-state index in [2.05, 4.69) is 9.97 Å². The van der Waals surface area contributed by atoms with Crippen molar-refractivity contribution in [3.8, 4) is 17.0 Å². The first kappa shape index (κ1) is 12.6. The number of hydrogen-bond donors (Lipinski definition) is 0. The van der Waals surface area contributed by atoms with Crippen LogP contribution in [0.1, 0.15) is 12.6 Å². The van der Waals surface area contributed by atoms with E-state index in [9.17, 15) is 4.39 Å². The number of aryl methyl sites for hydroxylation is 1. The van der Waals surface area contributed by atoms with Crippen LogP contribution in [0.25, 0.3) is 16.9 Å². The third-order valence-electron chi connectivity index (χ3n) is 3.05. The van der Waals surface area contributed by atoms with Crippen molar-refractivity contribution in [2.45, 2.75) is 20.2 Å². The number of imidazole rings is 1. The minimum absolute atomic E-state index is 0.510. The van der Waals surface area contributed by atoms with E-state index in [4.69, 9.17) is 4.74 Å². The number of nitrogens with zero attached hydrogens (tertiary/aromatic N) is 3. The van der Waals surface area contributed by atoms with E-state index >= 15 is 0 Å². The molecule has 102 valence electrons. The Bertz CT molecular complexity index is 734. The monoisotopic (exact) mass is 271 g/mol. The van der Waals surface area contributed by atoms with E-state index < -0.39 is 6.36 Å². The molecule has 0 radical (unpaired) electrons. The summed E-state index contributed by atoms with van der Waals surface area (Å²) >= 11 is 0. The molecule has 3 rings (SSSR count). The minimum Gasteiger partial charge on any atom is -0.461 e. The van der Waals surface area contributed by atoms with Gasteiger partial charge < -0.3 is 4.74 Å². The zero-order valence-electron chi connectivity index (χ0n) is 11.2. The molecular formula is C15H14FN3O. The van der Waals surface area contributed by atoms with Gasteiger partial charge in [-0.15, -0.1) is 0 Å². The number of benzene rings is 1. The van der Waals surface area contributed by atoms with E-state index in [0.717, 1.165) is 22.6 Å². The Morgan fingerprint density at radius 1 is 1.20 bits per heavy atom. The Labute approximate surface area is 115 Å². The van der Waals surface area contributed by atoms with Crippen molar-refractivity contribution >= 4 is 5.65 Å². The van der Waals surface area contributed by atoms with E-state index in [1.54, 1.807) is 24.5 Å². The van der Waals surface area contributed by atoms with Crippen LogP contribution < -0.4 is 4.74 Å². The highest BCUT2D eigenvalue weighted by molar-refractivity contribution is 5.65. The highest BCUT2D eigenvalue weighted by atomic mass is 19.1. The summed E-state index contributed by atoms with van der Waals surface area (Å²) < 4.78 is 19.7. The molecule has 0 amide bonds. The van der Waals surface area contributed by atoms with Gasteiger partial charge in [0.1, 0.15) is 5.75 Å². The maximum absolute atomic E-state index is 12.8. The quantitative estimate of drug-likeness (QED) is 0.733. The van der Waals surface area contributed by atoms with Gasteiger partial charge in [-0.3, -0.25) is 9.38 Å². The summed E-state index contributed by atoms with van der Waals surface area (Å²) in [5.41, 5.74) is 3.66. The summed E-state index contributed by atoms with van der Waals surface area (Å²) in [6, 6.07) is 7.27. The summed E-state index contributed by atoms with van der Waals surface area (Å²) in [5, 5.41) is 0. The summed E-state index contributed by atoms with van der Waals surface area (Å²) in [5.74, 6) is 0.510. The molecule has 20 heavy (non-hydrogen) atoms. The zero-order chi connectivity index (χ0) is 14.1. The van der Waals surface area contributed by atoms with Crippen molar-refractivity contribution in [3.63, 3.8) is 0 Å². The maximum Gasteiger partial charge on any atom is 0.235 e. The second-order valence-corrected chi connectivity index (χ2v) is 4.53. The maximum atomic E-state index is 12.8. The molecule has 0 aliphatic heterocycles. The van der Waals surface area contributed by atoms with Crippen molar-refractivity contribution in [1.29, 1.82) is 0 Å². The molecule has 0 N–H and O–H groups in total. The number of hydrogen-bond acceptors (Lipinski definition) is 3. The van der Waals surface area contributed by atoms with Gasteiger partial charge in [0.25, 0.3) is 0 Å². The lowest BCUT2D eigenvalue weighted by molar-refractivity contribution is 0.0861. The van der Waals surface area contributed by atoms with Gasteiger partial charge in [-0.2, -0.15) is 0 Å². The standard InChI is InChI=1S/C15H14FN3O/c1-10-15-18-9-14(19(15)8-7-17-10)12-3-5-13(6-4-12)20-11(2)16/h3-9,11H,1-2H3. The third kappa shape index (κ3) is 2.22. The van der Waals surface area contributed by atoms with E-state index in [1.165, 1.54) is 6.92 Å². The lowest BCUT2D eigenvalue weighted by Gasteiger charge is -2.07. The molecule has 1 aromatic carbocycles. The molecule has 0 bridgehead atoms. The number of fused-ring (bicyclic) bond motifs is 1. The Morgan fingerprint density at radius 3 is 2.65 bits per heavy atom. The summed E-state index contributed by atoms with van der Waals surface area (Å²) in [6.45, 7) is 3.28. The van der Waals surface area contributed by atoms with Crippen LogP contribution in [0.3, 0.4) is 0 Å². The zero-order valence-corrected chi connectivity index (χ0v) is 11.2. The SMILES string of the molecule is Cc1nccn2c(-c3ccc(OC(C)F)cc3)cnc12. The number of ether oxygens (including phenoxy) is 1. The molecular weight excluding hydrogens is 257 g/mol. The topological polar surface area (TPSA) is 39.4 Å². The Morgan fingerprint density at radius 2 is 1.95 bits per heavy atom. The van der Waals surface area contributed by atoms with Gasteiger partial charge >= 0.3 is 0 Å². The molecule has 1 unspecified atom stereocenters. The van der Waals surface area contributed by atoms with Crippen LogP contribution in [-0.2, 0) is 0 Å². The molecule has 1 atom stereocenters. The average Bonchev–Trinajstić information content (AvgIpc) is 2.84. The Hall–Kier alpha value is -2.43. The van der Waals surface area contributed by atoms with Crippen molar-refractivity contribution in [2.24, 2.45) is 0 Å². The van der Waals surface area contributed by atoms with Crippen LogP contribution in [0.2, 0.25) is 0 Å². The molecule has 0 fully saturated rings. The fraction of sp³-hybridized carbons (Fsp3) is 0.200. The first-order valence-electron chi connectivity index (χ1n) is 6.35. The largest absolute Gasteiger partial charge is 0.461 e. The molecule has 0 saturated carbocycles. The predicted molar refractivity (Wildman–Crippen MR) is 74.4 cm³/mol. The summed E-state index contributed by atoms with van der Waals surface area (Å²) in [4.78, 5) is 8.59. The molecule has 2 aromatic heterocycles. The number of alkyl halides is 1. The number of rotatable bonds is 3. The van der Waals surface area contributed by atoms with Crippen LogP contribution >= 0.6 is 0 Å². The smallest absolute Gasteiger partial charge is 0.235 e. The van der Waals surface area contributed by atoms with Crippen molar-refractivity contribution in [3.05, 3.63) is 48.5 Å². The van der Waals surface area contributed by atoms with Crippen LogP contribution in [0, 0.1) is 6.92 Å². The van der Waals surface area contributed by atoms with Gasteiger partial charge in [0, 0.05) is 24.9 Å². The van der Waals surface area contributed by atoms with Gasteiger partial charge in [0.05, 0.1) is 17.6 Å².